The Bertz CT molecular complexity index is 601. The molecule has 2 aromatic heterocycles. The van der Waals surface area contributed by atoms with Crippen LogP contribution in [0, 0.1) is 0 Å². The quantitative estimate of drug-likeness (QED) is 0.893. The van der Waals surface area contributed by atoms with Crippen molar-refractivity contribution in [3.8, 4) is 0 Å². The van der Waals surface area contributed by atoms with Crippen molar-refractivity contribution in [1.82, 2.24) is 20.6 Å². The van der Waals surface area contributed by atoms with Crippen LogP contribution in [0.15, 0.2) is 36.7 Å². The van der Waals surface area contributed by atoms with E-state index in [1.54, 1.807) is 0 Å². The van der Waals surface area contributed by atoms with E-state index in [1.807, 2.05) is 31.6 Å². The monoisotopic (exact) mass is 310 g/mol. The summed E-state index contributed by atoms with van der Waals surface area (Å²) in [4.78, 5) is 8.70. The molecule has 0 radical (unpaired) electrons. The first kappa shape index (κ1) is 16.1. The van der Waals surface area contributed by atoms with Gasteiger partial charge in [0.2, 0.25) is 0 Å². The fourth-order valence-electron chi connectivity index (χ4n) is 3.30. The number of fused-ring (bicyclic) bond motifs is 2. The predicted octanol–water partition coefficient (Wildman–Crippen LogP) is 2.28. The van der Waals surface area contributed by atoms with Crippen LogP contribution in [0.1, 0.15) is 35.4 Å². The summed E-state index contributed by atoms with van der Waals surface area (Å²) in [5.74, 6) is 0. The van der Waals surface area contributed by atoms with E-state index in [0.717, 1.165) is 19.5 Å². The van der Waals surface area contributed by atoms with Crippen LogP contribution in [-0.2, 0) is 25.8 Å². The van der Waals surface area contributed by atoms with Gasteiger partial charge in [0.15, 0.2) is 0 Å². The van der Waals surface area contributed by atoms with Crippen LogP contribution >= 0.6 is 0 Å². The standard InChI is InChI=1S/C10H15N3.C9H11N/c1-11-7-9-5-10-8(6-13-9)3-2-4-12-10;1-2-6-9-8(4-1)5-3-7-10-9/h2-4,9,11,13H,5-7H2,1H3;3,5,7H,1-2,4,6H2. The van der Waals surface area contributed by atoms with Crippen molar-refractivity contribution in [1.29, 1.82) is 0 Å². The third-order valence-corrected chi connectivity index (χ3v) is 4.55. The highest BCUT2D eigenvalue weighted by Gasteiger charge is 2.17. The van der Waals surface area contributed by atoms with E-state index in [2.05, 4.69) is 32.7 Å². The molecule has 2 aromatic rings. The van der Waals surface area contributed by atoms with Gasteiger partial charge >= 0.3 is 0 Å². The van der Waals surface area contributed by atoms with Crippen LogP contribution in [0.3, 0.4) is 0 Å². The Morgan fingerprint density at radius 1 is 1.04 bits per heavy atom. The predicted molar refractivity (Wildman–Crippen MR) is 93.4 cm³/mol. The van der Waals surface area contributed by atoms with Crippen molar-refractivity contribution in [3.63, 3.8) is 0 Å². The van der Waals surface area contributed by atoms with E-state index < -0.39 is 0 Å². The number of likely N-dealkylation sites (N-methyl/N-ethyl adjacent to an activating group) is 1. The lowest BCUT2D eigenvalue weighted by molar-refractivity contribution is 0.456. The average Bonchev–Trinajstić information content (AvgIpc) is 2.63. The maximum absolute atomic E-state index is 4.38. The molecule has 0 spiro atoms. The summed E-state index contributed by atoms with van der Waals surface area (Å²) in [5, 5.41) is 6.65. The average molecular weight is 310 g/mol. The number of hydrogen-bond donors (Lipinski definition) is 2. The molecule has 122 valence electrons. The van der Waals surface area contributed by atoms with Crippen molar-refractivity contribution >= 4 is 0 Å². The molecule has 1 aliphatic heterocycles. The zero-order valence-corrected chi connectivity index (χ0v) is 13.9. The largest absolute Gasteiger partial charge is 0.318 e. The Morgan fingerprint density at radius 3 is 2.57 bits per heavy atom. The van der Waals surface area contributed by atoms with Gasteiger partial charge in [0, 0.05) is 49.3 Å². The minimum atomic E-state index is 0.535. The highest BCUT2D eigenvalue weighted by Crippen LogP contribution is 2.17. The molecule has 2 N–H and O–H groups in total. The van der Waals surface area contributed by atoms with Gasteiger partial charge in [0.1, 0.15) is 0 Å². The summed E-state index contributed by atoms with van der Waals surface area (Å²) in [6.45, 7) is 1.96. The Kier molecular flexibility index (Phi) is 5.72. The highest BCUT2D eigenvalue weighted by atomic mass is 15.0. The molecule has 0 fully saturated rings. The van der Waals surface area contributed by atoms with Gasteiger partial charge in [0.25, 0.3) is 0 Å². The molecule has 1 aliphatic carbocycles. The van der Waals surface area contributed by atoms with Gasteiger partial charge in [0.05, 0.1) is 0 Å². The van der Waals surface area contributed by atoms with Gasteiger partial charge in [-0.05, 0) is 56.0 Å². The van der Waals surface area contributed by atoms with E-state index >= 15 is 0 Å². The van der Waals surface area contributed by atoms with Gasteiger partial charge < -0.3 is 10.6 Å². The Balaban J connectivity index is 0.000000140. The Labute approximate surface area is 138 Å². The van der Waals surface area contributed by atoms with E-state index in [1.165, 1.54) is 48.2 Å². The summed E-state index contributed by atoms with van der Waals surface area (Å²) in [5.41, 5.74) is 5.39. The second kappa shape index (κ2) is 8.18. The van der Waals surface area contributed by atoms with Gasteiger partial charge in [-0.15, -0.1) is 0 Å². The number of aryl methyl sites for hydroxylation is 2. The molecular formula is C19H26N4. The van der Waals surface area contributed by atoms with Crippen LogP contribution in [0.4, 0.5) is 0 Å². The molecule has 4 nitrogen and oxygen atoms in total. The fourth-order valence-corrected chi connectivity index (χ4v) is 3.30. The molecule has 23 heavy (non-hydrogen) atoms. The maximum atomic E-state index is 4.38. The second-order valence-corrected chi connectivity index (χ2v) is 6.27. The molecule has 0 bridgehead atoms. The molecule has 0 amide bonds. The van der Waals surface area contributed by atoms with E-state index in [9.17, 15) is 0 Å². The topological polar surface area (TPSA) is 49.8 Å². The lowest BCUT2D eigenvalue weighted by Gasteiger charge is -2.24. The molecule has 4 heteroatoms. The zero-order chi connectivity index (χ0) is 15.9. The summed E-state index contributed by atoms with van der Waals surface area (Å²) in [7, 11) is 1.98. The minimum Gasteiger partial charge on any atom is -0.318 e. The molecular weight excluding hydrogens is 284 g/mol. The summed E-state index contributed by atoms with van der Waals surface area (Å²) in [6.07, 6.45) is 9.91. The first-order valence-corrected chi connectivity index (χ1v) is 8.60. The van der Waals surface area contributed by atoms with Crippen molar-refractivity contribution in [2.75, 3.05) is 13.6 Å². The Hall–Kier alpha value is -1.78. The van der Waals surface area contributed by atoms with Crippen LogP contribution in [0.5, 0.6) is 0 Å². The SMILES string of the molecule is CNCC1Cc2ncccc2CN1.c1cnc2c(c1)CCCC2. The molecule has 0 saturated heterocycles. The maximum Gasteiger partial charge on any atom is 0.0464 e. The summed E-state index contributed by atoms with van der Waals surface area (Å²) >= 11 is 0. The third kappa shape index (κ3) is 4.36. The van der Waals surface area contributed by atoms with Gasteiger partial charge in [-0.2, -0.15) is 0 Å². The normalized spacial score (nSPS) is 19.1. The van der Waals surface area contributed by atoms with Crippen LogP contribution in [0.2, 0.25) is 0 Å². The molecule has 1 atom stereocenters. The van der Waals surface area contributed by atoms with Crippen LogP contribution in [0.25, 0.3) is 0 Å². The van der Waals surface area contributed by atoms with Crippen molar-refractivity contribution in [2.45, 2.75) is 44.7 Å². The van der Waals surface area contributed by atoms with Crippen LogP contribution in [-0.4, -0.2) is 29.6 Å². The first-order valence-electron chi connectivity index (χ1n) is 8.60. The molecule has 1 unspecified atom stereocenters. The van der Waals surface area contributed by atoms with Gasteiger partial charge in [-0.3, -0.25) is 9.97 Å². The number of pyridine rings is 2. The first-order chi connectivity index (χ1) is 11.4. The number of rotatable bonds is 2. The molecule has 2 aliphatic rings. The van der Waals surface area contributed by atoms with Gasteiger partial charge in [-0.1, -0.05) is 12.1 Å². The number of hydrogen-bond acceptors (Lipinski definition) is 4. The van der Waals surface area contributed by atoms with E-state index in [0.29, 0.717) is 6.04 Å². The second-order valence-electron chi connectivity index (χ2n) is 6.27. The van der Waals surface area contributed by atoms with Crippen molar-refractivity contribution in [3.05, 3.63) is 59.2 Å². The fraction of sp³-hybridized carbons (Fsp3) is 0.474. The molecule has 4 rings (SSSR count). The number of nitrogens with one attached hydrogen (secondary N) is 2. The Morgan fingerprint density at radius 2 is 1.78 bits per heavy atom. The molecule has 0 saturated carbocycles. The number of nitrogens with zero attached hydrogens (tertiary/aromatic N) is 2. The van der Waals surface area contributed by atoms with Crippen molar-refractivity contribution < 1.29 is 0 Å². The zero-order valence-electron chi connectivity index (χ0n) is 13.9. The number of aromatic nitrogens is 2. The smallest absolute Gasteiger partial charge is 0.0464 e. The summed E-state index contributed by atoms with van der Waals surface area (Å²) < 4.78 is 0. The van der Waals surface area contributed by atoms with E-state index in [-0.39, 0.29) is 0 Å². The summed E-state index contributed by atoms with van der Waals surface area (Å²) in [6, 6.07) is 8.91. The minimum absolute atomic E-state index is 0.535. The van der Waals surface area contributed by atoms with Crippen LogP contribution < -0.4 is 10.6 Å². The molecule has 0 aromatic carbocycles. The lowest BCUT2D eigenvalue weighted by atomic mass is 9.96. The molecule has 3 heterocycles. The van der Waals surface area contributed by atoms with E-state index in [4.69, 9.17) is 0 Å². The van der Waals surface area contributed by atoms with Crippen molar-refractivity contribution in [2.24, 2.45) is 0 Å². The third-order valence-electron chi connectivity index (χ3n) is 4.55. The highest BCUT2D eigenvalue weighted by molar-refractivity contribution is 5.23. The van der Waals surface area contributed by atoms with Gasteiger partial charge in [-0.25, -0.2) is 0 Å². The lowest BCUT2D eigenvalue weighted by Crippen LogP contribution is -2.42.